The zero-order valence-corrected chi connectivity index (χ0v) is 70.9. The maximum absolute atomic E-state index is 14.4. The number of rotatable bonds is 65. The second kappa shape index (κ2) is 56.6. The number of nitrogens with one attached hydrogen (secondary N) is 7. The Kier molecular flexibility index (Phi) is 49.9. The summed E-state index contributed by atoms with van der Waals surface area (Å²) in [5.74, 6) is -8.62. The van der Waals surface area contributed by atoms with Crippen LogP contribution in [-0.2, 0) is 106 Å². The number of hydrogen-bond acceptors (Lipinski definition) is 26. The molecule has 1 aliphatic rings. The van der Waals surface area contributed by atoms with Crippen LogP contribution in [0.25, 0.3) is 0 Å². The highest BCUT2D eigenvalue weighted by Crippen LogP contribution is 2.32. The molecule has 0 aliphatic carbocycles. The van der Waals surface area contributed by atoms with Crippen LogP contribution in [0.4, 0.5) is 5.69 Å². The first-order valence-electron chi connectivity index (χ1n) is 39.6. The molecule has 35 nitrogen and oxygen atoms in total. The van der Waals surface area contributed by atoms with Crippen LogP contribution in [0.15, 0.2) is 35.7 Å². The van der Waals surface area contributed by atoms with Gasteiger partial charge in [0, 0.05) is 76.8 Å². The van der Waals surface area contributed by atoms with E-state index in [1.807, 2.05) is 27.7 Å². The van der Waals surface area contributed by atoms with Crippen LogP contribution >= 0.6 is 11.3 Å². The van der Waals surface area contributed by atoms with Crippen molar-refractivity contribution in [2.24, 2.45) is 23.7 Å². The average Bonchev–Trinajstić information content (AvgIpc) is 1.66. The maximum Gasteiger partial charge on any atom is 0.306 e. The van der Waals surface area contributed by atoms with Gasteiger partial charge in [0.15, 0.2) is 0 Å². The smallest absolute Gasteiger partial charge is 0.306 e. The number of ether oxygens (including phenoxy) is 11. The van der Waals surface area contributed by atoms with Crippen LogP contribution in [-0.4, -0.2) is 311 Å². The van der Waals surface area contributed by atoms with E-state index in [4.69, 9.17) is 52.1 Å². The van der Waals surface area contributed by atoms with Crippen molar-refractivity contribution in [1.29, 1.82) is 0 Å². The number of imide groups is 1. The largest absolute Gasteiger partial charge is 0.506 e. The first kappa shape index (κ1) is 101. The molecule has 115 heavy (non-hydrogen) atoms. The van der Waals surface area contributed by atoms with Crippen LogP contribution < -0.4 is 37.2 Å². The molecule has 1 aromatic heterocycles. The third-order valence-electron chi connectivity index (χ3n) is 19.2. The highest BCUT2D eigenvalue weighted by molar-refractivity contribution is 7.09. The highest BCUT2D eigenvalue weighted by Gasteiger charge is 2.39. The van der Waals surface area contributed by atoms with Gasteiger partial charge in [0.25, 0.3) is 17.7 Å². The summed E-state index contributed by atoms with van der Waals surface area (Å²) in [6, 6.07) is -1.42. The third kappa shape index (κ3) is 39.4. The fourth-order valence-corrected chi connectivity index (χ4v) is 12.3. The van der Waals surface area contributed by atoms with Gasteiger partial charge in [0.2, 0.25) is 41.4 Å². The van der Waals surface area contributed by atoms with E-state index in [1.54, 1.807) is 77.2 Å². The van der Waals surface area contributed by atoms with Gasteiger partial charge in [-0.3, -0.25) is 62.5 Å². The molecule has 0 saturated heterocycles. The molecule has 36 heteroatoms. The molecule has 0 spiro atoms. The number of hydrogen-bond donors (Lipinski definition) is 9. The maximum atomic E-state index is 14.4. The first-order valence-corrected chi connectivity index (χ1v) is 40.4. The Hall–Kier alpha value is -7.72. The van der Waals surface area contributed by atoms with Crippen molar-refractivity contribution in [3.05, 3.63) is 52.0 Å². The van der Waals surface area contributed by atoms with Crippen molar-refractivity contribution in [1.82, 2.24) is 51.6 Å². The summed E-state index contributed by atoms with van der Waals surface area (Å²) < 4.78 is 60.1. The predicted octanol–water partition coefficient (Wildman–Crippen LogP) is 3.59. The molecule has 0 saturated carbocycles. The molecule has 2 heterocycles. The van der Waals surface area contributed by atoms with Crippen molar-refractivity contribution in [2.75, 3.05) is 179 Å². The van der Waals surface area contributed by atoms with E-state index in [2.05, 4.69) is 42.2 Å². The zero-order valence-electron chi connectivity index (χ0n) is 70.1. The fraction of sp³-hybridized carbons (Fsp3) is 0.722. The zero-order chi connectivity index (χ0) is 85.4. The molecule has 0 radical (unpaired) electrons. The molecule has 0 fully saturated rings. The molecule has 9 N–H and O–H groups in total. The molecular weight excluding hydrogens is 1520 g/mol. The normalized spacial score (nSPS) is 14.7. The van der Waals surface area contributed by atoms with Crippen molar-refractivity contribution in [3.63, 3.8) is 0 Å². The van der Waals surface area contributed by atoms with Gasteiger partial charge in [-0.15, -0.1) is 11.3 Å². The monoisotopic (exact) mass is 1650 g/mol. The van der Waals surface area contributed by atoms with E-state index < -0.39 is 107 Å². The molecule has 3 rings (SSSR count). The Labute approximate surface area is 681 Å². The molecule has 10 amide bonds. The number of aliphatic carboxylic acids is 1. The van der Waals surface area contributed by atoms with E-state index in [1.165, 1.54) is 44.4 Å². The number of carboxylic acids is 1. The number of unbranched alkanes of at least 4 members (excludes halogenated alkanes) is 1. The number of aromatic nitrogens is 1. The molecule has 9 atom stereocenters. The quantitative estimate of drug-likeness (QED) is 0.0259. The van der Waals surface area contributed by atoms with E-state index in [9.17, 15) is 63.0 Å². The van der Waals surface area contributed by atoms with E-state index in [-0.39, 0.29) is 112 Å². The second-order valence-electron chi connectivity index (χ2n) is 29.4. The second-order valence-corrected chi connectivity index (χ2v) is 30.3. The topological polar surface area (TPSA) is 437 Å². The SMILES string of the molecule is CC[C@H](C)[C@H](NC(=O)C(C)(C)N(C)C)C(=O)N(C)[C@H](C[C@@H](OC)c1nc(C(=O)N[C@@H](Cc2ccc(O)c(NC(=O)[C@H](C)NC(=O)[C@@H](NC(=O)[C@H](CCCCNC(=O)COCCOCCOCCOCCOCCOCCOCCOCCOCCOC)NC(=O)CCCN3C(=O)C=CC3=O)C(C)C)c2)C[C@H](C)C(=O)O)cs1)C(C)C. The van der Waals surface area contributed by atoms with Gasteiger partial charge in [-0.05, 0) is 109 Å². The Morgan fingerprint density at radius 3 is 1.65 bits per heavy atom. The number of likely N-dealkylation sites (N-methyl/N-ethyl adjacent to an activating group) is 2. The number of methoxy groups -OCH3 is 2. The summed E-state index contributed by atoms with van der Waals surface area (Å²) in [6.07, 6.45) is 3.19. The van der Waals surface area contributed by atoms with Gasteiger partial charge in [-0.2, -0.15) is 0 Å². The van der Waals surface area contributed by atoms with Gasteiger partial charge in [-0.1, -0.05) is 61.0 Å². The number of aromatic hydroxyl groups is 1. The number of thiazole rings is 1. The number of phenolic OH excluding ortho intramolecular Hbond substituents is 1. The van der Waals surface area contributed by atoms with Crippen LogP contribution in [0.3, 0.4) is 0 Å². The Bertz CT molecular complexity index is 3290. The van der Waals surface area contributed by atoms with Gasteiger partial charge >= 0.3 is 5.97 Å². The van der Waals surface area contributed by atoms with Gasteiger partial charge < -0.3 is 104 Å². The molecule has 1 aromatic carbocycles. The average molecular weight is 1650 g/mol. The lowest BCUT2D eigenvalue weighted by atomic mass is 9.92. The Morgan fingerprint density at radius 2 is 1.16 bits per heavy atom. The number of carbonyl (C=O) groups is 11. The Balaban J connectivity index is 1.53. The number of carbonyl (C=O) groups excluding carboxylic acids is 10. The Morgan fingerprint density at radius 1 is 0.617 bits per heavy atom. The molecule has 652 valence electrons. The first-order chi connectivity index (χ1) is 54.8. The van der Waals surface area contributed by atoms with Crippen molar-refractivity contribution < 1.29 is 115 Å². The lowest BCUT2D eigenvalue weighted by molar-refractivity contribution is -0.142. The minimum absolute atomic E-state index is 0.0245. The lowest BCUT2D eigenvalue weighted by Crippen LogP contribution is -2.60. The molecule has 2 aromatic rings. The standard InChI is InChI=1S/C79H131N11O24S/c1-16-54(6)70(87-78(103)79(9,10)88(11)12)76(100)89(13)62(52(2)3)49-64(105-15)75-85-61(51-115-75)73(98)82-58(46-55(7)77(101)102)47-57-22-23-63(91)60(48-57)84-71(96)56(8)81-74(99)69(53(4)5)86-72(97)59(83-65(92)21-19-27-90-67(94)24-25-68(90)95)20-17-18-26-80-66(93)50-114-45-44-113-43-42-112-41-40-111-39-38-110-37-36-109-35-34-108-33-32-107-31-30-106-29-28-104-14/h22-25,48,51-56,58-59,62,64,69-70,91H,16-21,26-47,49-50H2,1-15H3,(H,80,93)(H,81,99)(H,82,98)(H,83,92)(H,84,96)(H,86,97)(H,87,103)(H,101,102)/t54-,55-,56-,58+,59-,62+,64+,69-,70-/m0/s1. The van der Waals surface area contributed by atoms with E-state index in [0.29, 0.717) is 142 Å². The predicted molar refractivity (Wildman–Crippen MR) is 428 cm³/mol. The van der Waals surface area contributed by atoms with Crippen molar-refractivity contribution in [3.8, 4) is 5.75 Å². The van der Waals surface area contributed by atoms with Gasteiger partial charge in [0.05, 0.1) is 136 Å². The third-order valence-corrected chi connectivity index (χ3v) is 20.2. The number of benzene rings is 1. The summed E-state index contributed by atoms with van der Waals surface area (Å²) in [6.45, 7) is 24.9. The highest BCUT2D eigenvalue weighted by atomic mass is 32.1. The lowest BCUT2D eigenvalue weighted by Gasteiger charge is -2.38. The van der Waals surface area contributed by atoms with Crippen LogP contribution in [0.5, 0.6) is 5.75 Å². The summed E-state index contributed by atoms with van der Waals surface area (Å²) in [7, 11) is 8.43. The summed E-state index contributed by atoms with van der Waals surface area (Å²) in [5, 5.41) is 42.4. The summed E-state index contributed by atoms with van der Waals surface area (Å²) in [5.41, 5.74) is -0.459. The molecule has 0 bridgehead atoms. The van der Waals surface area contributed by atoms with Gasteiger partial charge in [-0.25, -0.2) is 4.98 Å². The van der Waals surface area contributed by atoms with E-state index >= 15 is 0 Å². The van der Waals surface area contributed by atoms with Crippen molar-refractivity contribution in [2.45, 2.75) is 175 Å². The number of nitrogens with zero attached hydrogens (tertiary/aromatic N) is 4. The number of carboxylic acid groups (broad SMARTS) is 1. The van der Waals surface area contributed by atoms with Crippen molar-refractivity contribution >= 4 is 82.1 Å². The minimum Gasteiger partial charge on any atom is -0.506 e. The number of phenols is 1. The molecular formula is C79H131N11O24S. The molecule has 0 unspecified atom stereocenters. The minimum atomic E-state index is -1.27. The van der Waals surface area contributed by atoms with E-state index in [0.717, 1.165) is 17.1 Å². The summed E-state index contributed by atoms with van der Waals surface area (Å²) in [4.78, 5) is 156. The van der Waals surface area contributed by atoms with Crippen LogP contribution in [0, 0.1) is 23.7 Å². The molecule has 1 aliphatic heterocycles. The fourth-order valence-electron chi connectivity index (χ4n) is 11.4. The van der Waals surface area contributed by atoms with Crippen LogP contribution in [0.1, 0.15) is 148 Å². The number of amides is 10. The summed E-state index contributed by atoms with van der Waals surface area (Å²) >= 11 is 1.18. The van der Waals surface area contributed by atoms with Gasteiger partial charge in [0.1, 0.15) is 53.3 Å². The van der Waals surface area contributed by atoms with Crippen LogP contribution in [0.2, 0.25) is 0 Å². The number of anilines is 1.